The molecule has 0 amide bonds. The Morgan fingerprint density at radius 2 is 0.559 bits per heavy atom. The van der Waals surface area contributed by atoms with Crippen molar-refractivity contribution in [2.24, 2.45) is 11.8 Å². The summed E-state index contributed by atoms with van der Waals surface area (Å²) < 4.78 is 16.8. The summed E-state index contributed by atoms with van der Waals surface area (Å²) in [6.45, 7) is 11.4. The lowest BCUT2D eigenvalue weighted by atomic mass is 10.0. The maximum Gasteiger partial charge on any atom is 0.306 e. The minimum Gasteiger partial charge on any atom is -0.462 e. The molecule has 0 aliphatic carbocycles. The van der Waals surface area contributed by atoms with Crippen LogP contribution in [-0.4, -0.2) is 37.2 Å². The molecule has 0 aromatic carbocycles. The van der Waals surface area contributed by atoms with Crippen LogP contribution in [0, 0.1) is 11.8 Å². The minimum absolute atomic E-state index is 0.0637. The van der Waals surface area contributed by atoms with Crippen molar-refractivity contribution in [2.75, 3.05) is 13.2 Å². The second-order valence-electron chi connectivity index (χ2n) is 19.1. The predicted molar refractivity (Wildman–Crippen MR) is 252 cm³/mol. The molecule has 0 aliphatic rings. The Labute approximate surface area is 368 Å². The Bertz CT molecular complexity index is 900. The minimum atomic E-state index is -0.761. The molecule has 0 aromatic rings. The molecule has 0 bridgehead atoms. The topological polar surface area (TPSA) is 78.9 Å². The van der Waals surface area contributed by atoms with Crippen LogP contribution in [0.2, 0.25) is 0 Å². The van der Waals surface area contributed by atoms with E-state index in [0.29, 0.717) is 19.3 Å². The van der Waals surface area contributed by atoms with Crippen molar-refractivity contribution >= 4 is 17.9 Å². The van der Waals surface area contributed by atoms with Crippen molar-refractivity contribution in [3.63, 3.8) is 0 Å². The third-order valence-electron chi connectivity index (χ3n) is 12.0. The second-order valence-corrected chi connectivity index (χ2v) is 19.1. The van der Waals surface area contributed by atoms with Crippen molar-refractivity contribution in [1.29, 1.82) is 0 Å². The Morgan fingerprint density at radius 1 is 0.322 bits per heavy atom. The lowest BCUT2D eigenvalue weighted by Crippen LogP contribution is -2.30. The highest BCUT2D eigenvalue weighted by molar-refractivity contribution is 5.71. The molecule has 0 aliphatic heterocycles. The zero-order chi connectivity index (χ0) is 43.3. The van der Waals surface area contributed by atoms with Gasteiger partial charge >= 0.3 is 17.9 Å². The molecule has 0 saturated carbocycles. The molecule has 0 fully saturated rings. The summed E-state index contributed by atoms with van der Waals surface area (Å²) >= 11 is 0. The van der Waals surface area contributed by atoms with Crippen LogP contribution in [-0.2, 0) is 28.6 Å². The van der Waals surface area contributed by atoms with Gasteiger partial charge < -0.3 is 14.2 Å². The summed E-state index contributed by atoms with van der Waals surface area (Å²) in [5.74, 6) is 0.818. The van der Waals surface area contributed by atoms with E-state index in [1.807, 2.05) is 0 Å². The Balaban J connectivity index is 4.27. The van der Waals surface area contributed by atoms with Crippen molar-refractivity contribution in [2.45, 2.75) is 298 Å². The smallest absolute Gasteiger partial charge is 0.306 e. The SMILES string of the molecule is CCCCCCCCCCCCC(=O)OC[C@H](COC(=O)CCCCCCCCCCCCC(C)C)OC(=O)CCCCCCCCCCCCCCCCCC(C)C. The van der Waals surface area contributed by atoms with Gasteiger partial charge in [0.25, 0.3) is 0 Å². The average Bonchev–Trinajstić information content (AvgIpc) is 3.20. The van der Waals surface area contributed by atoms with Crippen molar-refractivity contribution in [3.8, 4) is 0 Å². The van der Waals surface area contributed by atoms with Gasteiger partial charge in [-0.2, -0.15) is 0 Å². The summed E-state index contributed by atoms with van der Waals surface area (Å²) in [6.07, 6.45) is 46.6. The fourth-order valence-electron chi connectivity index (χ4n) is 7.99. The van der Waals surface area contributed by atoms with E-state index in [-0.39, 0.29) is 31.1 Å². The normalized spacial score (nSPS) is 12.1. The van der Waals surface area contributed by atoms with Crippen LogP contribution in [0.15, 0.2) is 0 Å². The molecular weight excluding hydrogens is 733 g/mol. The predicted octanol–water partition coefficient (Wildman–Crippen LogP) is 16.9. The van der Waals surface area contributed by atoms with Crippen LogP contribution in [0.1, 0.15) is 291 Å². The zero-order valence-electron chi connectivity index (χ0n) is 40.4. The number of carbonyl (C=O) groups excluding carboxylic acids is 3. The molecule has 0 saturated heterocycles. The van der Waals surface area contributed by atoms with E-state index in [9.17, 15) is 14.4 Å². The fourth-order valence-corrected chi connectivity index (χ4v) is 7.99. The number of rotatable bonds is 47. The van der Waals surface area contributed by atoms with Crippen LogP contribution in [0.3, 0.4) is 0 Å². The molecular formula is C53H102O6. The van der Waals surface area contributed by atoms with Gasteiger partial charge in [0.1, 0.15) is 13.2 Å². The number of hydrogen-bond donors (Lipinski definition) is 0. The average molecular weight is 835 g/mol. The summed E-state index contributed by atoms with van der Waals surface area (Å²) in [5.41, 5.74) is 0. The number of esters is 3. The van der Waals surface area contributed by atoms with Crippen LogP contribution < -0.4 is 0 Å². The van der Waals surface area contributed by atoms with Gasteiger partial charge in [0.05, 0.1) is 0 Å². The van der Waals surface area contributed by atoms with Gasteiger partial charge in [-0.3, -0.25) is 14.4 Å². The molecule has 0 aromatic heterocycles. The van der Waals surface area contributed by atoms with E-state index in [1.165, 1.54) is 180 Å². The molecule has 0 unspecified atom stereocenters. The van der Waals surface area contributed by atoms with Gasteiger partial charge in [0.15, 0.2) is 6.10 Å². The maximum absolute atomic E-state index is 12.8. The van der Waals surface area contributed by atoms with Crippen molar-refractivity contribution < 1.29 is 28.6 Å². The number of unbranched alkanes of at least 4 members (excludes halogenated alkanes) is 32. The van der Waals surface area contributed by atoms with Gasteiger partial charge in [0, 0.05) is 19.3 Å². The first kappa shape index (κ1) is 57.4. The van der Waals surface area contributed by atoms with Crippen LogP contribution >= 0.6 is 0 Å². The highest BCUT2D eigenvalue weighted by Crippen LogP contribution is 2.17. The van der Waals surface area contributed by atoms with Gasteiger partial charge in [-0.05, 0) is 31.1 Å². The van der Waals surface area contributed by atoms with Gasteiger partial charge in [-0.1, -0.05) is 253 Å². The molecule has 1 atom stereocenters. The fraction of sp³-hybridized carbons (Fsp3) is 0.943. The third-order valence-corrected chi connectivity index (χ3v) is 12.0. The highest BCUT2D eigenvalue weighted by atomic mass is 16.6. The Morgan fingerprint density at radius 3 is 0.831 bits per heavy atom. The van der Waals surface area contributed by atoms with Crippen molar-refractivity contribution in [3.05, 3.63) is 0 Å². The summed E-state index contributed by atoms with van der Waals surface area (Å²) in [4.78, 5) is 37.9. The van der Waals surface area contributed by atoms with Gasteiger partial charge in [-0.15, -0.1) is 0 Å². The van der Waals surface area contributed by atoms with Crippen LogP contribution in [0.5, 0.6) is 0 Å². The van der Waals surface area contributed by atoms with E-state index in [1.54, 1.807) is 0 Å². The van der Waals surface area contributed by atoms with E-state index < -0.39 is 6.10 Å². The second kappa shape index (κ2) is 45.9. The van der Waals surface area contributed by atoms with Gasteiger partial charge in [-0.25, -0.2) is 0 Å². The summed E-state index contributed by atoms with van der Waals surface area (Å²) in [7, 11) is 0. The monoisotopic (exact) mass is 835 g/mol. The third kappa shape index (κ3) is 47.3. The first-order valence-corrected chi connectivity index (χ1v) is 26.2. The van der Waals surface area contributed by atoms with Gasteiger partial charge in [0.2, 0.25) is 0 Å². The number of hydrogen-bond acceptors (Lipinski definition) is 6. The van der Waals surface area contributed by atoms with E-state index in [0.717, 1.165) is 69.6 Å². The molecule has 6 heteroatoms. The molecule has 59 heavy (non-hydrogen) atoms. The lowest BCUT2D eigenvalue weighted by Gasteiger charge is -2.18. The lowest BCUT2D eigenvalue weighted by molar-refractivity contribution is -0.167. The molecule has 0 spiro atoms. The molecule has 350 valence electrons. The largest absolute Gasteiger partial charge is 0.462 e. The number of ether oxygens (including phenoxy) is 3. The maximum atomic E-state index is 12.8. The summed E-state index contributed by atoms with van der Waals surface area (Å²) in [6, 6.07) is 0. The highest BCUT2D eigenvalue weighted by Gasteiger charge is 2.19. The van der Waals surface area contributed by atoms with Crippen LogP contribution in [0.4, 0.5) is 0 Å². The van der Waals surface area contributed by atoms with E-state index >= 15 is 0 Å². The first-order valence-electron chi connectivity index (χ1n) is 26.2. The molecule has 0 rings (SSSR count). The van der Waals surface area contributed by atoms with Crippen molar-refractivity contribution in [1.82, 2.24) is 0 Å². The molecule has 6 nitrogen and oxygen atoms in total. The van der Waals surface area contributed by atoms with E-state index in [2.05, 4.69) is 34.6 Å². The zero-order valence-corrected chi connectivity index (χ0v) is 40.4. The molecule has 0 heterocycles. The standard InChI is InChI=1S/C53H102O6/c1-6-7-8-9-10-11-23-28-33-38-43-51(54)57-46-50(47-58-52(55)44-39-34-29-24-20-19-22-27-32-37-42-49(4)5)59-53(56)45-40-35-30-25-18-16-14-12-13-15-17-21-26-31-36-41-48(2)3/h48-50H,6-47H2,1-5H3/t50-/m1/s1. The Kier molecular flexibility index (Phi) is 44.7. The Hall–Kier alpha value is -1.59. The van der Waals surface area contributed by atoms with E-state index in [4.69, 9.17) is 14.2 Å². The molecule has 0 N–H and O–H groups in total. The summed E-state index contributed by atoms with van der Waals surface area (Å²) in [5, 5.41) is 0. The number of carbonyl (C=O) groups is 3. The quantitative estimate of drug-likeness (QED) is 0.0345. The first-order chi connectivity index (χ1) is 28.7. The van der Waals surface area contributed by atoms with Crippen LogP contribution in [0.25, 0.3) is 0 Å². The molecule has 0 radical (unpaired) electrons.